The Kier molecular flexibility index (Phi) is 5.74. The van der Waals surface area contributed by atoms with E-state index in [2.05, 4.69) is 5.32 Å². The number of fused-ring (bicyclic) bond motifs is 3. The van der Waals surface area contributed by atoms with E-state index in [9.17, 15) is 14.0 Å². The van der Waals surface area contributed by atoms with Crippen LogP contribution in [0.3, 0.4) is 0 Å². The maximum absolute atomic E-state index is 13.7. The van der Waals surface area contributed by atoms with Crippen molar-refractivity contribution in [3.8, 4) is 0 Å². The Morgan fingerprint density at radius 2 is 2.21 bits per heavy atom. The van der Waals surface area contributed by atoms with Gasteiger partial charge in [-0.25, -0.2) is 9.37 Å². The summed E-state index contributed by atoms with van der Waals surface area (Å²) >= 11 is 2.85. The number of nitrogens with one attached hydrogen (secondary N) is 1. The number of amides is 1. The van der Waals surface area contributed by atoms with Crippen LogP contribution in [0.25, 0.3) is 10.2 Å². The van der Waals surface area contributed by atoms with Gasteiger partial charge >= 0.3 is 0 Å². The second-order valence-corrected chi connectivity index (χ2v) is 9.22. The molecule has 2 aromatic heterocycles. The highest BCUT2D eigenvalue weighted by Crippen LogP contribution is 2.35. The predicted molar refractivity (Wildman–Crippen MR) is 117 cm³/mol. The number of benzene rings is 1. The fourth-order valence-corrected chi connectivity index (χ4v) is 5.71. The topological polar surface area (TPSA) is 64.0 Å². The summed E-state index contributed by atoms with van der Waals surface area (Å²) in [6.07, 6.45) is 3.87. The number of nitrogens with zero attached hydrogens (tertiary/aromatic N) is 2. The largest absolute Gasteiger partial charge is 0.325 e. The van der Waals surface area contributed by atoms with Gasteiger partial charge in [0, 0.05) is 17.1 Å². The van der Waals surface area contributed by atoms with Crippen LogP contribution in [-0.4, -0.2) is 21.2 Å². The fourth-order valence-electron chi connectivity index (χ4n) is 3.59. The van der Waals surface area contributed by atoms with Crippen molar-refractivity contribution in [2.24, 2.45) is 0 Å². The smallest absolute Gasteiger partial charge is 0.263 e. The van der Waals surface area contributed by atoms with Crippen molar-refractivity contribution in [1.82, 2.24) is 9.55 Å². The number of thioether (sulfide) groups is 1. The molecule has 0 saturated heterocycles. The molecular formula is C21H22FN3O2S2. The fraction of sp³-hybridized carbons (Fsp3) is 0.381. The summed E-state index contributed by atoms with van der Waals surface area (Å²) in [7, 11) is 0. The van der Waals surface area contributed by atoms with Crippen LogP contribution in [0.4, 0.5) is 10.1 Å². The van der Waals surface area contributed by atoms with Crippen molar-refractivity contribution in [1.29, 1.82) is 0 Å². The van der Waals surface area contributed by atoms with Gasteiger partial charge in [-0.3, -0.25) is 14.2 Å². The van der Waals surface area contributed by atoms with E-state index in [-0.39, 0.29) is 23.0 Å². The first kappa shape index (κ1) is 20.1. The van der Waals surface area contributed by atoms with Crippen LogP contribution in [0.1, 0.15) is 35.8 Å². The van der Waals surface area contributed by atoms with Gasteiger partial charge in [0.05, 0.1) is 11.1 Å². The molecule has 0 unspecified atom stereocenters. The molecule has 3 aromatic rings. The summed E-state index contributed by atoms with van der Waals surface area (Å²) in [4.78, 5) is 32.3. The SMILES string of the molecule is CCCn1c(SCC(=O)Nc2ccc(C)c(F)c2)nc2sc3c(c2c1=O)CCC3. The maximum atomic E-state index is 13.7. The number of aromatic nitrogens is 2. The number of halogens is 1. The van der Waals surface area contributed by atoms with Crippen LogP contribution in [0, 0.1) is 12.7 Å². The van der Waals surface area contributed by atoms with Gasteiger partial charge in [0.15, 0.2) is 5.16 Å². The third-order valence-electron chi connectivity index (χ3n) is 5.02. The first-order chi connectivity index (χ1) is 14.0. The van der Waals surface area contributed by atoms with Gasteiger partial charge in [-0.2, -0.15) is 0 Å². The highest BCUT2D eigenvalue weighted by atomic mass is 32.2. The summed E-state index contributed by atoms with van der Waals surface area (Å²) in [5.74, 6) is -0.517. The molecule has 0 spiro atoms. The van der Waals surface area contributed by atoms with Crippen LogP contribution >= 0.6 is 23.1 Å². The van der Waals surface area contributed by atoms with Gasteiger partial charge < -0.3 is 5.32 Å². The Balaban J connectivity index is 1.56. The Morgan fingerprint density at radius 1 is 1.38 bits per heavy atom. The van der Waals surface area contributed by atoms with E-state index < -0.39 is 0 Å². The predicted octanol–water partition coefficient (Wildman–Crippen LogP) is 4.54. The van der Waals surface area contributed by atoms with Gasteiger partial charge in [0.25, 0.3) is 5.56 Å². The lowest BCUT2D eigenvalue weighted by Crippen LogP contribution is -2.24. The van der Waals surface area contributed by atoms with Gasteiger partial charge in [0.1, 0.15) is 10.6 Å². The average Bonchev–Trinajstić information content (AvgIpc) is 3.26. The zero-order valence-corrected chi connectivity index (χ0v) is 18.0. The third-order valence-corrected chi connectivity index (χ3v) is 7.19. The molecule has 29 heavy (non-hydrogen) atoms. The standard InChI is InChI=1S/C21H22FN3O2S2/c1-3-9-25-20(27)18-14-5-4-6-16(14)29-19(18)24-21(25)28-11-17(26)23-13-8-7-12(2)15(22)10-13/h7-8,10H,3-6,9,11H2,1-2H3,(H,23,26). The second-order valence-electron chi connectivity index (χ2n) is 7.19. The highest BCUT2D eigenvalue weighted by Gasteiger charge is 2.23. The zero-order chi connectivity index (χ0) is 20.5. The molecule has 0 fully saturated rings. The Bertz CT molecular complexity index is 1150. The zero-order valence-electron chi connectivity index (χ0n) is 16.4. The number of thiophene rings is 1. The molecule has 2 heterocycles. The molecule has 1 N–H and O–H groups in total. The summed E-state index contributed by atoms with van der Waals surface area (Å²) in [5, 5.41) is 4.03. The quantitative estimate of drug-likeness (QED) is 0.460. The summed E-state index contributed by atoms with van der Waals surface area (Å²) in [6.45, 7) is 4.26. The molecule has 0 bridgehead atoms. The number of hydrogen-bond donors (Lipinski definition) is 1. The third kappa shape index (κ3) is 3.96. The van der Waals surface area contributed by atoms with Crippen molar-refractivity contribution in [3.63, 3.8) is 0 Å². The van der Waals surface area contributed by atoms with Gasteiger partial charge in [-0.1, -0.05) is 24.8 Å². The van der Waals surface area contributed by atoms with Crippen molar-refractivity contribution in [2.75, 3.05) is 11.1 Å². The minimum absolute atomic E-state index is 0.000219. The van der Waals surface area contributed by atoms with E-state index in [1.54, 1.807) is 35.0 Å². The van der Waals surface area contributed by atoms with Crippen LogP contribution in [-0.2, 0) is 24.2 Å². The molecule has 4 rings (SSSR count). The molecule has 0 saturated carbocycles. The van der Waals surface area contributed by atoms with Crippen LogP contribution in [0.2, 0.25) is 0 Å². The monoisotopic (exact) mass is 431 g/mol. The summed E-state index contributed by atoms with van der Waals surface area (Å²) in [5.41, 5.74) is 2.12. The van der Waals surface area contributed by atoms with Gasteiger partial charge in [-0.15, -0.1) is 11.3 Å². The molecule has 0 aliphatic heterocycles. The van der Waals surface area contributed by atoms with Crippen molar-refractivity contribution in [3.05, 3.63) is 50.4 Å². The number of aryl methyl sites for hydroxylation is 3. The maximum Gasteiger partial charge on any atom is 0.263 e. The van der Waals surface area contributed by atoms with Crippen molar-refractivity contribution >= 4 is 44.9 Å². The normalized spacial score (nSPS) is 13.1. The Labute approximate surface area is 176 Å². The molecule has 1 aliphatic rings. The van der Waals surface area contributed by atoms with Crippen LogP contribution in [0.5, 0.6) is 0 Å². The van der Waals surface area contributed by atoms with E-state index in [0.717, 1.165) is 35.9 Å². The minimum atomic E-state index is -0.356. The molecule has 1 amide bonds. The molecule has 1 aromatic carbocycles. The lowest BCUT2D eigenvalue weighted by atomic mass is 10.2. The number of anilines is 1. The average molecular weight is 432 g/mol. The van der Waals surface area contributed by atoms with Gasteiger partial charge in [0.2, 0.25) is 5.91 Å². The Hall–Kier alpha value is -2.19. The van der Waals surface area contributed by atoms with Crippen molar-refractivity contribution < 1.29 is 9.18 Å². The van der Waals surface area contributed by atoms with Crippen LogP contribution < -0.4 is 10.9 Å². The first-order valence-corrected chi connectivity index (χ1v) is 11.5. The van der Waals surface area contributed by atoms with Gasteiger partial charge in [-0.05, 0) is 55.9 Å². The molecule has 8 heteroatoms. The number of rotatable bonds is 6. The second kappa shape index (κ2) is 8.28. The number of carbonyl (C=O) groups excluding carboxylic acids is 1. The molecular weight excluding hydrogens is 409 g/mol. The lowest BCUT2D eigenvalue weighted by Gasteiger charge is -2.11. The summed E-state index contributed by atoms with van der Waals surface area (Å²) < 4.78 is 15.4. The molecule has 5 nitrogen and oxygen atoms in total. The summed E-state index contributed by atoms with van der Waals surface area (Å²) in [6, 6.07) is 4.61. The van der Waals surface area contributed by atoms with E-state index in [1.165, 1.54) is 28.3 Å². The highest BCUT2D eigenvalue weighted by molar-refractivity contribution is 7.99. The van der Waals surface area contributed by atoms with E-state index in [1.807, 2.05) is 6.92 Å². The number of hydrogen-bond acceptors (Lipinski definition) is 5. The Morgan fingerprint density at radius 3 is 2.97 bits per heavy atom. The van der Waals surface area contributed by atoms with E-state index in [4.69, 9.17) is 4.98 Å². The van der Waals surface area contributed by atoms with E-state index in [0.29, 0.717) is 23.0 Å². The van der Waals surface area contributed by atoms with Crippen molar-refractivity contribution in [2.45, 2.75) is 51.2 Å². The minimum Gasteiger partial charge on any atom is -0.325 e. The molecule has 0 radical (unpaired) electrons. The van der Waals surface area contributed by atoms with Crippen LogP contribution in [0.15, 0.2) is 28.2 Å². The molecule has 152 valence electrons. The molecule has 0 atom stereocenters. The van der Waals surface area contributed by atoms with E-state index >= 15 is 0 Å². The first-order valence-electron chi connectivity index (χ1n) is 9.71. The number of carbonyl (C=O) groups is 1. The molecule has 1 aliphatic carbocycles. The lowest BCUT2D eigenvalue weighted by molar-refractivity contribution is -0.113.